The average Bonchev–Trinajstić information content (AvgIpc) is 3.18. The van der Waals surface area contributed by atoms with Crippen LogP contribution in [0.5, 0.6) is 0 Å². The molecule has 18 nitrogen and oxygen atoms in total. The highest BCUT2D eigenvalue weighted by atomic mass is 31.3. The second-order valence-corrected chi connectivity index (χ2v) is 10.9. The molecule has 194 valence electrons. The highest BCUT2D eigenvalue weighted by Crippen LogP contribution is 2.66. The zero-order valence-corrected chi connectivity index (χ0v) is 19.6. The van der Waals surface area contributed by atoms with Gasteiger partial charge in [0.25, 0.3) is 5.56 Å². The van der Waals surface area contributed by atoms with Gasteiger partial charge >= 0.3 is 23.5 Å². The number of H-pyrrole nitrogens is 1. The number of nitrogen functional groups attached to an aromatic ring is 1. The number of nitrogens with one attached hydrogen (secondary N) is 1. The SMILES string of the molecule is [2H]C([2H])(OP(=O)(O)OP(=O)(O)OP(=O)(O)O)[C@H]1O[C@@H](n2cnc3c(=O)[nH]c(N)nc32)C(F)(C#CC)[C@H]1O. The molecule has 2 aromatic rings. The number of halogens is 1. The first kappa shape index (κ1) is 24.7. The average molecular weight is 565 g/mol. The van der Waals surface area contributed by atoms with Crippen molar-refractivity contribution < 1.29 is 63.4 Å². The zero-order valence-electron chi connectivity index (χ0n) is 19.0. The van der Waals surface area contributed by atoms with Crippen LogP contribution in [0.1, 0.15) is 15.9 Å². The van der Waals surface area contributed by atoms with Crippen LogP contribution in [0.25, 0.3) is 11.2 Å². The van der Waals surface area contributed by atoms with Gasteiger partial charge in [-0.1, -0.05) is 5.92 Å². The predicted octanol–water partition coefficient (Wildman–Crippen LogP) is -0.965. The monoisotopic (exact) mass is 565 g/mol. The lowest BCUT2D eigenvalue weighted by atomic mass is 9.96. The van der Waals surface area contributed by atoms with Gasteiger partial charge in [0, 0.05) is 0 Å². The van der Waals surface area contributed by atoms with E-state index in [4.69, 9.17) is 23.0 Å². The fourth-order valence-electron chi connectivity index (χ4n) is 2.90. The minimum Gasteiger partial charge on any atom is -0.386 e. The van der Waals surface area contributed by atoms with Crippen LogP contribution >= 0.6 is 23.5 Å². The fourth-order valence-corrected chi connectivity index (χ4v) is 5.77. The van der Waals surface area contributed by atoms with Crippen molar-refractivity contribution in [3.63, 3.8) is 0 Å². The third-order valence-corrected chi connectivity index (χ3v) is 7.74. The standard InChI is InChI=1S/C13H17FN5O13P3/c1-2-3-13(14)8(20)6(4-29-34(25,26)32-35(27,28)31-33(22,23)24)30-11(13)19-5-16-7-9(19)17-12(15)18-10(7)21/h5-6,8,11,20H,4H2,1H3,(H,25,26)(H,27,28)(H2,22,23,24)(H3,15,17,18,21)/t6-,8+,11-,13?/m1/s1/i4D2. The van der Waals surface area contributed by atoms with E-state index in [1.807, 2.05) is 5.92 Å². The van der Waals surface area contributed by atoms with E-state index in [2.05, 4.69) is 34.0 Å². The van der Waals surface area contributed by atoms with Crippen LogP contribution in [-0.4, -0.2) is 68.6 Å². The highest BCUT2D eigenvalue weighted by Gasteiger charge is 2.58. The molecule has 0 aromatic carbocycles. The molecule has 3 rings (SSSR count). The van der Waals surface area contributed by atoms with Crippen molar-refractivity contribution >= 4 is 40.6 Å². The molecule has 6 atom stereocenters. The number of aromatic amines is 1. The summed E-state index contributed by atoms with van der Waals surface area (Å²) in [5.74, 6) is 3.70. The van der Waals surface area contributed by atoms with E-state index in [9.17, 15) is 33.4 Å². The van der Waals surface area contributed by atoms with Gasteiger partial charge in [-0.3, -0.25) is 18.9 Å². The van der Waals surface area contributed by atoms with Crippen molar-refractivity contribution in [2.75, 3.05) is 12.3 Å². The number of hydrogen-bond acceptors (Lipinski definition) is 12. The van der Waals surface area contributed by atoms with Gasteiger partial charge in [-0.15, -0.1) is 5.92 Å². The molecule has 0 bridgehead atoms. The fraction of sp³-hybridized carbons (Fsp3) is 0.462. The lowest BCUT2D eigenvalue weighted by molar-refractivity contribution is -0.0496. The quantitative estimate of drug-likeness (QED) is 0.150. The van der Waals surface area contributed by atoms with Crippen molar-refractivity contribution in [3.8, 4) is 11.8 Å². The Labute approximate surface area is 196 Å². The molecule has 0 saturated carbocycles. The maximum Gasteiger partial charge on any atom is 0.490 e. The topological polar surface area (TPSA) is 279 Å². The first-order valence-corrected chi connectivity index (χ1v) is 13.3. The van der Waals surface area contributed by atoms with E-state index in [0.29, 0.717) is 0 Å². The summed E-state index contributed by atoms with van der Waals surface area (Å²) in [6.45, 7) is -2.58. The van der Waals surface area contributed by atoms with Crippen LogP contribution in [0.4, 0.5) is 10.3 Å². The molecule has 1 fully saturated rings. The van der Waals surface area contributed by atoms with Crippen molar-refractivity contribution in [1.82, 2.24) is 19.5 Å². The number of phosphoric acid groups is 3. The number of hydrogen-bond donors (Lipinski definition) is 7. The van der Waals surface area contributed by atoms with Crippen molar-refractivity contribution in [2.24, 2.45) is 0 Å². The molecule has 0 radical (unpaired) electrons. The number of ether oxygens (including phenoxy) is 1. The van der Waals surface area contributed by atoms with Gasteiger partial charge in [0.15, 0.2) is 17.4 Å². The molecule has 0 aliphatic carbocycles. The van der Waals surface area contributed by atoms with Gasteiger partial charge in [-0.2, -0.15) is 13.6 Å². The lowest BCUT2D eigenvalue weighted by Gasteiger charge is -2.23. The van der Waals surface area contributed by atoms with Crippen LogP contribution in [-0.2, 0) is 31.6 Å². The number of alkyl halides is 1. The zero-order chi connectivity index (χ0) is 28.2. The highest BCUT2D eigenvalue weighted by molar-refractivity contribution is 7.66. The summed E-state index contributed by atoms with van der Waals surface area (Å²) in [6, 6.07) is 0. The Morgan fingerprint density at radius 1 is 1.34 bits per heavy atom. The van der Waals surface area contributed by atoms with E-state index in [1.165, 1.54) is 0 Å². The second kappa shape index (κ2) is 9.45. The minimum atomic E-state index is -6.09. The Morgan fingerprint density at radius 3 is 2.60 bits per heavy atom. The van der Waals surface area contributed by atoms with Gasteiger partial charge < -0.3 is 35.2 Å². The lowest BCUT2D eigenvalue weighted by Crippen LogP contribution is -2.42. The summed E-state index contributed by atoms with van der Waals surface area (Å²) in [7, 11) is -17.9. The second-order valence-electron chi connectivity index (χ2n) is 6.57. The van der Waals surface area contributed by atoms with Crippen LogP contribution in [0.2, 0.25) is 0 Å². The molecule has 0 amide bonds. The molecule has 1 saturated heterocycles. The summed E-state index contributed by atoms with van der Waals surface area (Å²) in [6.07, 6.45) is -6.44. The number of phosphoric ester groups is 1. The first-order chi connectivity index (χ1) is 16.7. The number of nitrogens with zero attached hydrogens (tertiary/aromatic N) is 3. The summed E-state index contributed by atoms with van der Waals surface area (Å²) in [5, 5.41) is 10.6. The first-order valence-electron chi connectivity index (χ1n) is 9.74. The van der Waals surface area contributed by atoms with Crippen LogP contribution in [0.3, 0.4) is 0 Å². The van der Waals surface area contributed by atoms with Gasteiger partial charge in [0.05, 0.1) is 15.6 Å². The number of fused-ring (bicyclic) bond motifs is 1. The predicted molar refractivity (Wildman–Crippen MR) is 110 cm³/mol. The number of nitrogens with two attached hydrogens (primary N) is 1. The summed E-state index contributed by atoms with van der Waals surface area (Å²) < 4.78 is 83.2. The van der Waals surface area contributed by atoms with E-state index < -0.39 is 65.6 Å². The van der Waals surface area contributed by atoms with E-state index in [-0.39, 0.29) is 11.2 Å². The molecule has 8 N–H and O–H groups in total. The van der Waals surface area contributed by atoms with E-state index in [1.54, 1.807) is 0 Å². The third kappa shape index (κ3) is 6.04. The van der Waals surface area contributed by atoms with Crippen LogP contribution < -0.4 is 11.3 Å². The molecule has 3 unspecified atom stereocenters. The van der Waals surface area contributed by atoms with Crippen molar-refractivity contribution in [1.29, 1.82) is 0 Å². The van der Waals surface area contributed by atoms with Gasteiger partial charge in [-0.25, -0.2) is 23.1 Å². The summed E-state index contributed by atoms with van der Waals surface area (Å²) in [5.41, 5.74) is 0.689. The summed E-state index contributed by atoms with van der Waals surface area (Å²) in [4.78, 5) is 57.7. The third-order valence-electron chi connectivity index (χ3n) is 4.07. The Kier molecular flexibility index (Phi) is 6.66. The summed E-state index contributed by atoms with van der Waals surface area (Å²) >= 11 is 0. The molecule has 35 heavy (non-hydrogen) atoms. The minimum absolute atomic E-state index is 0.362. The molecule has 2 aromatic heterocycles. The molecule has 1 aliphatic heterocycles. The van der Waals surface area contributed by atoms with E-state index >= 15 is 4.39 Å². The number of aliphatic hydroxyl groups is 1. The Bertz CT molecular complexity index is 1490. The molecular formula is C13H17FN5O13P3. The Hall–Kier alpha value is -2.03. The number of anilines is 1. The van der Waals surface area contributed by atoms with Crippen LogP contribution in [0.15, 0.2) is 11.1 Å². The van der Waals surface area contributed by atoms with Crippen molar-refractivity contribution in [3.05, 3.63) is 16.7 Å². The van der Waals surface area contributed by atoms with Crippen LogP contribution in [0, 0.1) is 11.8 Å². The van der Waals surface area contributed by atoms with Gasteiger partial charge in [-0.05, 0) is 6.92 Å². The molecule has 1 aliphatic rings. The van der Waals surface area contributed by atoms with Gasteiger partial charge in [0.2, 0.25) is 11.6 Å². The Balaban J connectivity index is 1.99. The number of rotatable bonds is 8. The van der Waals surface area contributed by atoms with Crippen molar-refractivity contribution in [2.45, 2.75) is 31.0 Å². The van der Waals surface area contributed by atoms with E-state index in [0.717, 1.165) is 17.8 Å². The molecular weight excluding hydrogens is 546 g/mol. The van der Waals surface area contributed by atoms with Gasteiger partial charge in [0.1, 0.15) is 12.2 Å². The maximum atomic E-state index is 16.0. The Morgan fingerprint density at radius 2 is 2.00 bits per heavy atom. The number of aromatic nitrogens is 4. The number of aliphatic hydroxyl groups excluding tert-OH is 1. The number of imidazole rings is 1. The normalized spacial score (nSPS) is 29.5. The maximum absolute atomic E-state index is 16.0. The molecule has 3 heterocycles. The molecule has 0 spiro atoms. The molecule has 22 heteroatoms. The largest absolute Gasteiger partial charge is 0.490 e. The smallest absolute Gasteiger partial charge is 0.386 e.